The number of aryl methyl sites for hydroxylation is 2. The summed E-state index contributed by atoms with van der Waals surface area (Å²) in [5.74, 6) is 1.65. The molecule has 3 rings (SSSR count). The Bertz CT molecular complexity index is 669. The maximum Gasteiger partial charge on any atom is 0.231 e. The SMILES string of the molecule is Cc1cnc(NC(=O)CCCCc2ccc3c(c2)OCO3)s1. The van der Waals surface area contributed by atoms with Crippen LogP contribution in [-0.2, 0) is 11.2 Å². The van der Waals surface area contributed by atoms with Gasteiger partial charge in [0.15, 0.2) is 16.6 Å². The second-order valence-electron chi connectivity index (χ2n) is 5.22. The molecule has 0 saturated carbocycles. The van der Waals surface area contributed by atoms with Gasteiger partial charge in [-0.25, -0.2) is 4.98 Å². The Kier molecular flexibility index (Phi) is 4.58. The maximum atomic E-state index is 11.8. The molecular formula is C16H18N2O3S. The molecule has 0 spiro atoms. The third kappa shape index (κ3) is 3.76. The van der Waals surface area contributed by atoms with Gasteiger partial charge in [0.05, 0.1) is 0 Å². The molecule has 0 aliphatic carbocycles. The number of carbonyl (C=O) groups excluding carboxylic acids is 1. The molecule has 0 atom stereocenters. The fourth-order valence-corrected chi connectivity index (χ4v) is 2.99. The fourth-order valence-electron chi connectivity index (χ4n) is 2.31. The van der Waals surface area contributed by atoms with Crippen molar-refractivity contribution in [2.45, 2.75) is 32.6 Å². The highest BCUT2D eigenvalue weighted by Gasteiger charge is 2.13. The molecule has 2 heterocycles. The summed E-state index contributed by atoms with van der Waals surface area (Å²) in [4.78, 5) is 17.0. The number of rotatable bonds is 6. The second-order valence-corrected chi connectivity index (χ2v) is 6.45. The number of benzene rings is 1. The van der Waals surface area contributed by atoms with E-state index in [2.05, 4.69) is 10.3 Å². The van der Waals surface area contributed by atoms with Crippen LogP contribution in [0.1, 0.15) is 29.7 Å². The highest BCUT2D eigenvalue weighted by Crippen LogP contribution is 2.32. The van der Waals surface area contributed by atoms with Gasteiger partial charge < -0.3 is 14.8 Å². The van der Waals surface area contributed by atoms with E-state index in [9.17, 15) is 4.79 Å². The van der Waals surface area contributed by atoms with Gasteiger partial charge in [-0.3, -0.25) is 4.79 Å². The van der Waals surface area contributed by atoms with E-state index in [1.807, 2.05) is 25.1 Å². The summed E-state index contributed by atoms with van der Waals surface area (Å²) < 4.78 is 10.6. The number of amides is 1. The van der Waals surface area contributed by atoms with Crippen LogP contribution in [0.25, 0.3) is 0 Å². The number of carbonyl (C=O) groups is 1. The number of hydrogen-bond donors (Lipinski definition) is 1. The van der Waals surface area contributed by atoms with Gasteiger partial charge in [0, 0.05) is 17.5 Å². The van der Waals surface area contributed by atoms with E-state index in [-0.39, 0.29) is 5.91 Å². The van der Waals surface area contributed by atoms with E-state index in [4.69, 9.17) is 9.47 Å². The summed E-state index contributed by atoms with van der Waals surface area (Å²) in [6.45, 7) is 2.27. The zero-order valence-electron chi connectivity index (χ0n) is 12.4. The molecule has 0 saturated heterocycles. The number of aromatic nitrogens is 1. The second kappa shape index (κ2) is 6.79. The lowest BCUT2D eigenvalue weighted by atomic mass is 10.1. The average molecular weight is 318 g/mol. The van der Waals surface area contributed by atoms with Crippen molar-refractivity contribution in [3.63, 3.8) is 0 Å². The van der Waals surface area contributed by atoms with E-state index in [1.165, 1.54) is 16.9 Å². The van der Waals surface area contributed by atoms with Crippen LogP contribution >= 0.6 is 11.3 Å². The summed E-state index contributed by atoms with van der Waals surface area (Å²) in [7, 11) is 0. The molecule has 1 aromatic carbocycles. The highest BCUT2D eigenvalue weighted by atomic mass is 32.1. The number of hydrogen-bond acceptors (Lipinski definition) is 5. The first-order valence-corrected chi connectivity index (χ1v) is 8.13. The molecule has 1 aromatic heterocycles. The van der Waals surface area contributed by atoms with Gasteiger partial charge in [-0.2, -0.15) is 0 Å². The van der Waals surface area contributed by atoms with Crippen LogP contribution in [0.4, 0.5) is 5.13 Å². The largest absolute Gasteiger partial charge is 0.454 e. The fraction of sp³-hybridized carbons (Fsp3) is 0.375. The molecule has 1 amide bonds. The van der Waals surface area contributed by atoms with Crippen molar-refractivity contribution in [1.82, 2.24) is 4.98 Å². The minimum absolute atomic E-state index is 0.0278. The first kappa shape index (κ1) is 14.8. The maximum absolute atomic E-state index is 11.8. The molecule has 0 fully saturated rings. The van der Waals surface area contributed by atoms with Crippen LogP contribution < -0.4 is 14.8 Å². The number of thiazole rings is 1. The minimum atomic E-state index is 0.0278. The monoisotopic (exact) mass is 318 g/mol. The van der Waals surface area contributed by atoms with Gasteiger partial charge in [0.1, 0.15) is 0 Å². The predicted molar refractivity (Wildman–Crippen MR) is 85.6 cm³/mol. The lowest BCUT2D eigenvalue weighted by Crippen LogP contribution is -2.10. The van der Waals surface area contributed by atoms with Crippen molar-refractivity contribution in [2.24, 2.45) is 0 Å². The average Bonchev–Trinajstić information content (AvgIpc) is 3.12. The quantitative estimate of drug-likeness (QED) is 0.828. The smallest absolute Gasteiger partial charge is 0.231 e. The van der Waals surface area contributed by atoms with Gasteiger partial charge in [0.25, 0.3) is 0 Å². The van der Waals surface area contributed by atoms with Crippen LogP contribution in [0, 0.1) is 6.92 Å². The normalized spacial score (nSPS) is 12.4. The molecule has 0 bridgehead atoms. The number of unbranched alkanes of at least 4 members (excludes halogenated alkanes) is 1. The van der Waals surface area contributed by atoms with E-state index < -0.39 is 0 Å². The van der Waals surface area contributed by atoms with Crippen molar-refractivity contribution in [3.05, 3.63) is 34.8 Å². The van der Waals surface area contributed by atoms with Gasteiger partial charge in [0.2, 0.25) is 12.7 Å². The number of ether oxygens (including phenoxy) is 2. The first-order valence-electron chi connectivity index (χ1n) is 7.31. The molecule has 116 valence electrons. The standard InChI is InChI=1S/C16H18N2O3S/c1-11-9-17-16(22-11)18-15(19)5-3-2-4-12-6-7-13-14(8-12)21-10-20-13/h6-9H,2-5,10H2,1H3,(H,17,18,19). The topological polar surface area (TPSA) is 60.5 Å². The number of nitrogens with one attached hydrogen (secondary N) is 1. The Morgan fingerprint density at radius 1 is 1.32 bits per heavy atom. The molecule has 0 unspecified atom stereocenters. The van der Waals surface area contributed by atoms with Crippen molar-refractivity contribution >= 4 is 22.4 Å². The van der Waals surface area contributed by atoms with Crippen LogP contribution in [0.3, 0.4) is 0 Å². The van der Waals surface area contributed by atoms with Crippen LogP contribution in [0.2, 0.25) is 0 Å². The highest BCUT2D eigenvalue weighted by molar-refractivity contribution is 7.15. The predicted octanol–water partition coefficient (Wildman–Crippen LogP) is 3.53. The molecule has 2 aromatic rings. The van der Waals surface area contributed by atoms with Crippen molar-refractivity contribution in [1.29, 1.82) is 0 Å². The van der Waals surface area contributed by atoms with Crippen molar-refractivity contribution in [2.75, 3.05) is 12.1 Å². The summed E-state index contributed by atoms with van der Waals surface area (Å²) in [5, 5.41) is 3.51. The summed E-state index contributed by atoms with van der Waals surface area (Å²) in [5.41, 5.74) is 1.21. The first-order chi connectivity index (χ1) is 10.7. The van der Waals surface area contributed by atoms with Gasteiger partial charge in [-0.05, 0) is 43.9 Å². The van der Waals surface area contributed by atoms with Gasteiger partial charge in [-0.1, -0.05) is 6.07 Å². The van der Waals surface area contributed by atoms with E-state index >= 15 is 0 Å². The van der Waals surface area contributed by atoms with Crippen molar-refractivity contribution in [3.8, 4) is 11.5 Å². The number of nitrogens with zero attached hydrogens (tertiary/aromatic N) is 1. The third-order valence-electron chi connectivity index (χ3n) is 3.42. The zero-order valence-corrected chi connectivity index (χ0v) is 13.2. The molecule has 1 N–H and O–H groups in total. The summed E-state index contributed by atoms with van der Waals surface area (Å²) in [6, 6.07) is 6.00. The molecule has 5 nitrogen and oxygen atoms in total. The summed E-state index contributed by atoms with van der Waals surface area (Å²) in [6.07, 6.45) is 5.03. The summed E-state index contributed by atoms with van der Waals surface area (Å²) >= 11 is 1.49. The number of fused-ring (bicyclic) bond motifs is 1. The van der Waals surface area contributed by atoms with Gasteiger partial charge in [-0.15, -0.1) is 11.3 Å². The number of anilines is 1. The molecule has 1 aliphatic heterocycles. The Morgan fingerprint density at radius 2 is 2.18 bits per heavy atom. The lowest BCUT2D eigenvalue weighted by Gasteiger charge is -2.04. The van der Waals surface area contributed by atoms with E-state index in [0.717, 1.165) is 35.6 Å². The zero-order chi connectivity index (χ0) is 15.4. The van der Waals surface area contributed by atoms with E-state index in [0.29, 0.717) is 18.3 Å². The Morgan fingerprint density at radius 3 is 3.00 bits per heavy atom. The van der Waals surface area contributed by atoms with Crippen LogP contribution in [0.15, 0.2) is 24.4 Å². The van der Waals surface area contributed by atoms with Crippen LogP contribution in [-0.4, -0.2) is 17.7 Å². The van der Waals surface area contributed by atoms with E-state index in [1.54, 1.807) is 6.20 Å². The lowest BCUT2D eigenvalue weighted by molar-refractivity contribution is -0.116. The Labute approximate surface area is 133 Å². The Balaban J connectivity index is 1.39. The molecular weight excluding hydrogens is 300 g/mol. The molecule has 1 aliphatic rings. The molecule has 22 heavy (non-hydrogen) atoms. The Hall–Kier alpha value is -2.08. The molecule has 0 radical (unpaired) electrons. The van der Waals surface area contributed by atoms with Crippen LogP contribution in [0.5, 0.6) is 11.5 Å². The minimum Gasteiger partial charge on any atom is -0.454 e. The third-order valence-corrected chi connectivity index (χ3v) is 4.25. The van der Waals surface area contributed by atoms with Gasteiger partial charge >= 0.3 is 0 Å². The molecule has 6 heteroatoms. The van der Waals surface area contributed by atoms with Crippen molar-refractivity contribution < 1.29 is 14.3 Å².